The van der Waals surface area contributed by atoms with Gasteiger partial charge in [-0.1, -0.05) is 91.0 Å². The lowest BCUT2D eigenvalue weighted by atomic mass is 9.80. The van der Waals surface area contributed by atoms with Crippen molar-refractivity contribution in [3.8, 4) is 0 Å². The highest BCUT2D eigenvalue weighted by molar-refractivity contribution is 6.09. The largest absolute Gasteiger partial charge is 0.463 e. The van der Waals surface area contributed by atoms with E-state index in [1.165, 1.54) is 7.05 Å². The molecule has 246 valence electrons. The number of hydrogen-bond donors (Lipinski definition) is 1. The molecule has 0 aliphatic carbocycles. The molecule has 5 atom stereocenters. The lowest BCUT2D eigenvalue weighted by Gasteiger charge is -2.37. The van der Waals surface area contributed by atoms with Gasteiger partial charge in [0.1, 0.15) is 30.0 Å². The maximum Gasteiger partial charge on any atom is 0.336 e. The molecule has 0 aromatic heterocycles. The Morgan fingerprint density at radius 1 is 0.894 bits per heavy atom. The van der Waals surface area contributed by atoms with Crippen LogP contribution in [0, 0.1) is 5.92 Å². The van der Waals surface area contributed by atoms with Crippen LogP contribution in [0.5, 0.6) is 0 Å². The van der Waals surface area contributed by atoms with E-state index in [-0.39, 0.29) is 30.9 Å². The molecule has 3 saturated heterocycles. The van der Waals surface area contributed by atoms with Gasteiger partial charge in [-0.3, -0.25) is 14.5 Å². The van der Waals surface area contributed by atoms with Gasteiger partial charge in [-0.05, 0) is 37.5 Å². The zero-order valence-electron chi connectivity index (χ0n) is 27.0. The Kier molecular flexibility index (Phi) is 9.04. The second kappa shape index (κ2) is 13.0. The number of benzene rings is 3. The number of nitrogens with zero attached hydrogens (tertiary/aromatic N) is 1. The summed E-state index contributed by atoms with van der Waals surface area (Å²) < 4.78 is 31.6. The molecule has 3 aliphatic heterocycles. The molecule has 6 rings (SSSR count). The van der Waals surface area contributed by atoms with E-state index in [0.717, 1.165) is 21.6 Å². The van der Waals surface area contributed by atoms with Crippen LogP contribution in [0.2, 0.25) is 0 Å². The standard InChI is InChI=1S/C37H40N2O8/c1-5-43-35(42)29(26-21-28(40)39(4)34(26)41)30(38)32-33-31(46-36(2,3)47-33)27(45-32)22-44-37(23-15-9-6-10-16-23,24-17-11-7-12-18-24)25-19-13-8-14-20-25/h6-20,26-27,31-33H,5,21-22,38H2,1-4H3/b30-29-/t26-,27-,31+,32+,33-/m0/s1. The van der Waals surface area contributed by atoms with Gasteiger partial charge in [-0.2, -0.15) is 0 Å². The number of rotatable bonds is 10. The number of carbonyl (C=O) groups excluding carboxylic acids is 3. The molecule has 3 aromatic rings. The van der Waals surface area contributed by atoms with Gasteiger partial charge in [-0.25, -0.2) is 4.79 Å². The van der Waals surface area contributed by atoms with E-state index >= 15 is 0 Å². The fraction of sp³-hybridized carbons (Fsp3) is 0.378. The molecule has 0 bridgehead atoms. The summed E-state index contributed by atoms with van der Waals surface area (Å²) in [7, 11) is 1.38. The van der Waals surface area contributed by atoms with Gasteiger partial charge in [-0.15, -0.1) is 0 Å². The Morgan fingerprint density at radius 3 is 1.87 bits per heavy atom. The van der Waals surface area contributed by atoms with E-state index in [1.807, 2.05) is 91.0 Å². The van der Waals surface area contributed by atoms with Crippen molar-refractivity contribution in [2.75, 3.05) is 20.3 Å². The summed E-state index contributed by atoms with van der Waals surface area (Å²) in [5, 5.41) is 0. The van der Waals surface area contributed by atoms with Crippen molar-refractivity contribution in [2.24, 2.45) is 11.7 Å². The molecule has 3 aliphatic rings. The summed E-state index contributed by atoms with van der Waals surface area (Å²) in [4.78, 5) is 39.9. The predicted molar refractivity (Wildman–Crippen MR) is 171 cm³/mol. The summed E-state index contributed by atoms with van der Waals surface area (Å²) in [6.07, 6.45) is -3.22. The predicted octanol–water partition coefficient (Wildman–Crippen LogP) is 4.06. The molecule has 2 N–H and O–H groups in total. The summed E-state index contributed by atoms with van der Waals surface area (Å²) in [5.74, 6) is -3.80. The SMILES string of the molecule is CCOC(=O)/C(=C(\N)[C@H]1O[C@@H](COC(c2ccccc2)(c2ccccc2)c2ccccc2)[C@H]2OC(C)(C)O[C@@H]21)[C@@H]1CC(=O)N(C)C1=O. The molecular formula is C37H40N2O8. The van der Waals surface area contributed by atoms with Crippen LogP contribution in [-0.2, 0) is 43.7 Å². The first-order valence-corrected chi connectivity index (χ1v) is 15.9. The summed E-state index contributed by atoms with van der Waals surface area (Å²) in [5.41, 5.74) is 8.37. The van der Waals surface area contributed by atoms with Gasteiger partial charge in [0.25, 0.3) is 0 Å². The van der Waals surface area contributed by atoms with E-state index in [2.05, 4.69) is 0 Å². The highest BCUT2D eigenvalue weighted by atomic mass is 16.8. The Bertz CT molecular complexity index is 1550. The molecule has 0 unspecified atom stereocenters. The first-order valence-electron chi connectivity index (χ1n) is 15.9. The van der Waals surface area contributed by atoms with Crippen LogP contribution in [0.1, 0.15) is 43.9 Å². The maximum atomic E-state index is 13.3. The Labute approximate surface area is 274 Å². The van der Waals surface area contributed by atoms with Crippen LogP contribution >= 0.6 is 0 Å². The molecule has 2 amide bonds. The fourth-order valence-corrected chi connectivity index (χ4v) is 6.85. The third kappa shape index (κ3) is 5.98. The van der Waals surface area contributed by atoms with Gasteiger partial charge >= 0.3 is 5.97 Å². The van der Waals surface area contributed by atoms with Crippen LogP contribution in [-0.4, -0.2) is 73.1 Å². The van der Waals surface area contributed by atoms with Crippen LogP contribution in [0.4, 0.5) is 0 Å². The molecular weight excluding hydrogens is 600 g/mol. The highest BCUT2D eigenvalue weighted by Gasteiger charge is 2.58. The number of likely N-dealkylation sites (tertiary alicyclic amines) is 1. The topological polar surface area (TPSA) is 127 Å². The van der Waals surface area contributed by atoms with E-state index in [1.54, 1.807) is 20.8 Å². The zero-order chi connectivity index (χ0) is 33.3. The molecule has 10 nitrogen and oxygen atoms in total. The van der Waals surface area contributed by atoms with Gasteiger partial charge < -0.3 is 29.4 Å². The highest BCUT2D eigenvalue weighted by Crippen LogP contribution is 2.45. The Hall–Kier alpha value is -4.35. The van der Waals surface area contributed by atoms with Crippen molar-refractivity contribution < 1.29 is 38.1 Å². The van der Waals surface area contributed by atoms with E-state index in [9.17, 15) is 14.4 Å². The summed E-state index contributed by atoms with van der Waals surface area (Å²) in [6.45, 7) is 5.36. The quantitative estimate of drug-likeness (QED) is 0.151. The van der Waals surface area contributed by atoms with Crippen LogP contribution in [0.3, 0.4) is 0 Å². The summed E-state index contributed by atoms with van der Waals surface area (Å²) >= 11 is 0. The van der Waals surface area contributed by atoms with Crippen LogP contribution in [0.25, 0.3) is 0 Å². The van der Waals surface area contributed by atoms with Crippen molar-refractivity contribution in [3.63, 3.8) is 0 Å². The van der Waals surface area contributed by atoms with Crippen molar-refractivity contribution >= 4 is 17.8 Å². The van der Waals surface area contributed by atoms with Crippen molar-refractivity contribution in [1.82, 2.24) is 4.90 Å². The number of nitrogens with two attached hydrogens (primary N) is 1. The van der Waals surface area contributed by atoms with E-state index in [4.69, 9.17) is 29.4 Å². The minimum absolute atomic E-state index is 0.0239. The van der Waals surface area contributed by atoms with Gasteiger partial charge in [0, 0.05) is 13.5 Å². The number of hydrogen-bond acceptors (Lipinski definition) is 9. The summed E-state index contributed by atoms with van der Waals surface area (Å²) in [6, 6.07) is 29.9. The number of imide groups is 1. The fourth-order valence-electron chi connectivity index (χ4n) is 6.85. The average Bonchev–Trinajstić information content (AvgIpc) is 3.66. The third-order valence-corrected chi connectivity index (χ3v) is 9.00. The van der Waals surface area contributed by atoms with Crippen molar-refractivity contribution in [1.29, 1.82) is 0 Å². The van der Waals surface area contributed by atoms with Gasteiger partial charge in [0.2, 0.25) is 11.8 Å². The molecule has 0 saturated carbocycles. The maximum absolute atomic E-state index is 13.3. The molecule has 3 heterocycles. The molecule has 3 aromatic carbocycles. The second-order valence-corrected chi connectivity index (χ2v) is 12.4. The minimum atomic E-state index is -1.10. The third-order valence-electron chi connectivity index (χ3n) is 9.00. The molecule has 0 radical (unpaired) electrons. The Morgan fingerprint density at radius 2 is 1.40 bits per heavy atom. The minimum Gasteiger partial charge on any atom is -0.463 e. The van der Waals surface area contributed by atoms with Crippen molar-refractivity contribution in [3.05, 3.63) is 119 Å². The lowest BCUT2D eigenvalue weighted by Crippen LogP contribution is -2.39. The number of ether oxygens (including phenoxy) is 5. The number of fused-ring (bicyclic) bond motifs is 1. The Balaban J connectivity index is 1.40. The number of esters is 1. The molecule has 0 spiro atoms. The van der Waals surface area contributed by atoms with E-state index < -0.39 is 59.5 Å². The molecule has 3 fully saturated rings. The molecule has 47 heavy (non-hydrogen) atoms. The lowest BCUT2D eigenvalue weighted by molar-refractivity contribution is -0.191. The van der Waals surface area contributed by atoms with Gasteiger partial charge in [0.15, 0.2) is 5.79 Å². The van der Waals surface area contributed by atoms with E-state index in [0.29, 0.717) is 0 Å². The number of amides is 2. The number of carbonyl (C=O) groups is 3. The van der Waals surface area contributed by atoms with Gasteiger partial charge in [0.05, 0.1) is 30.4 Å². The van der Waals surface area contributed by atoms with Crippen molar-refractivity contribution in [2.45, 2.75) is 63.0 Å². The normalized spacial score (nSPS) is 25.9. The first-order chi connectivity index (χ1) is 22.6. The zero-order valence-corrected chi connectivity index (χ0v) is 27.0. The van der Waals surface area contributed by atoms with Crippen LogP contribution in [0.15, 0.2) is 102 Å². The smallest absolute Gasteiger partial charge is 0.336 e. The second-order valence-electron chi connectivity index (χ2n) is 12.4. The molecule has 10 heteroatoms. The first kappa shape index (κ1) is 32.6. The van der Waals surface area contributed by atoms with Crippen LogP contribution < -0.4 is 5.73 Å². The monoisotopic (exact) mass is 640 g/mol. The average molecular weight is 641 g/mol.